The molecule has 0 fully saturated rings. The average Bonchev–Trinajstić information content (AvgIpc) is 2.02. The van der Waals surface area contributed by atoms with Crippen LogP contribution in [0.25, 0.3) is 0 Å². The molecule has 1 heterocycles. The summed E-state index contributed by atoms with van der Waals surface area (Å²) in [6.45, 7) is 0. The van der Waals surface area contributed by atoms with Crippen molar-refractivity contribution in [3.8, 4) is 0 Å². The molecule has 0 saturated heterocycles. The Hall–Kier alpha value is -1.99. The van der Waals surface area contributed by atoms with Gasteiger partial charge in [0.2, 0.25) is 0 Å². The monoisotopic (exact) mass is 204 g/mol. The Kier molecular flexibility index (Phi) is 2.45. The van der Waals surface area contributed by atoms with Gasteiger partial charge in [0, 0.05) is 0 Å². The van der Waals surface area contributed by atoms with Gasteiger partial charge < -0.3 is 21.6 Å². The summed E-state index contributed by atoms with van der Waals surface area (Å²) >= 11 is 0. The zero-order valence-corrected chi connectivity index (χ0v) is 6.78. The Morgan fingerprint density at radius 2 is 2.07 bits per heavy atom. The Bertz CT molecular complexity index is 382. The minimum atomic E-state index is -2.96. The van der Waals surface area contributed by atoms with Crippen molar-refractivity contribution >= 4 is 17.2 Å². The molecule has 4 N–H and O–H groups in total. The van der Waals surface area contributed by atoms with E-state index in [1.54, 1.807) is 0 Å². The maximum atomic E-state index is 12.3. The first-order chi connectivity index (χ1) is 6.45. The lowest BCUT2D eigenvalue weighted by atomic mass is 10.2. The maximum absolute atomic E-state index is 12.3. The Balaban J connectivity index is 3.41. The summed E-state index contributed by atoms with van der Waals surface area (Å²) in [5.41, 5.74) is 8.48. The summed E-state index contributed by atoms with van der Waals surface area (Å²) in [7, 11) is 0. The van der Waals surface area contributed by atoms with Crippen LogP contribution < -0.4 is 11.5 Å². The topological polar surface area (TPSA) is 108 Å². The van der Waals surface area contributed by atoms with E-state index in [2.05, 4.69) is 4.98 Å². The molecule has 1 rings (SSSR count). The predicted octanol–water partition coefficient (Wildman–Crippen LogP) is 1.09. The molecule has 1 aromatic heterocycles. The number of halogens is 2. The van der Waals surface area contributed by atoms with Crippen molar-refractivity contribution in [2.45, 2.75) is 6.43 Å². The lowest BCUT2D eigenvalue weighted by molar-refractivity contribution is -0.388. The van der Waals surface area contributed by atoms with Gasteiger partial charge in [-0.25, -0.2) is 8.78 Å². The molecule has 76 valence electrons. The average molecular weight is 204 g/mol. The predicted molar refractivity (Wildman–Crippen MR) is 44.7 cm³/mol. The molecule has 0 aliphatic carbocycles. The number of hydrogen-bond donors (Lipinski definition) is 2. The first-order valence-corrected chi connectivity index (χ1v) is 3.41. The molecule has 0 aliphatic heterocycles. The highest BCUT2D eigenvalue weighted by Crippen LogP contribution is 2.34. The van der Waals surface area contributed by atoms with E-state index in [1.807, 2.05) is 0 Å². The van der Waals surface area contributed by atoms with Crippen LogP contribution in [0.15, 0.2) is 6.20 Å². The highest BCUT2D eigenvalue weighted by molar-refractivity contribution is 5.68. The number of hydrogen-bond acceptors (Lipinski definition) is 5. The number of anilines is 2. The quantitative estimate of drug-likeness (QED) is 0.553. The van der Waals surface area contributed by atoms with Crippen LogP contribution in [0.5, 0.6) is 0 Å². The van der Waals surface area contributed by atoms with Crippen molar-refractivity contribution in [1.82, 2.24) is 4.98 Å². The smallest absolute Gasteiger partial charge is 0.387 e. The fraction of sp³-hybridized carbons (Fsp3) is 0.167. The molecule has 0 unspecified atom stereocenters. The molecule has 1 aromatic rings. The molecule has 0 saturated carbocycles. The molecule has 8 heteroatoms. The van der Waals surface area contributed by atoms with E-state index < -0.39 is 28.4 Å². The largest absolute Gasteiger partial charge is 0.395 e. The van der Waals surface area contributed by atoms with Crippen LogP contribution in [-0.2, 0) is 0 Å². The highest BCUT2D eigenvalue weighted by atomic mass is 19.3. The minimum absolute atomic E-state index is 0.358. The second kappa shape index (κ2) is 3.40. The van der Waals surface area contributed by atoms with Gasteiger partial charge in [0.15, 0.2) is 6.20 Å². The van der Waals surface area contributed by atoms with Gasteiger partial charge in [0.25, 0.3) is 6.43 Å². The van der Waals surface area contributed by atoms with Crippen molar-refractivity contribution < 1.29 is 13.7 Å². The second-order valence-electron chi connectivity index (χ2n) is 2.42. The lowest BCUT2D eigenvalue weighted by Crippen LogP contribution is -2.06. The number of alkyl halides is 2. The van der Waals surface area contributed by atoms with Gasteiger partial charge in [0.1, 0.15) is 5.69 Å². The van der Waals surface area contributed by atoms with Crippen molar-refractivity contribution in [3.63, 3.8) is 0 Å². The SMILES string of the molecule is Nc1cnc([N+](=O)[O-])c(N)c1C(F)F. The van der Waals surface area contributed by atoms with E-state index in [1.165, 1.54) is 0 Å². The van der Waals surface area contributed by atoms with Crippen molar-refractivity contribution in [2.75, 3.05) is 11.5 Å². The Morgan fingerprint density at radius 1 is 1.50 bits per heavy atom. The van der Waals surface area contributed by atoms with Gasteiger partial charge in [0.05, 0.1) is 11.3 Å². The molecule has 6 nitrogen and oxygen atoms in total. The summed E-state index contributed by atoms with van der Waals surface area (Å²) in [5.74, 6) is -0.811. The van der Waals surface area contributed by atoms with Gasteiger partial charge in [-0.05, 0) is 9.91 Å². The molecule has 0 radical (unpaired) electrons. The normalized spacial score (nSPS) is 10.5. The van der Waals surface area contributed by atoms with Crippen LogP contribution in [0.1, 0.15) is 12.0 Å². The molecule has 0 spiro atoms. The summed E-state index contributed by atoms with van der Waals surface area (Å²) in [4.78, 5) is 12.6. The summed E-state index contributed by atoms with van der Waals surface area (Å²) in [6.07, 6.45) is -2.17. The van der Waals surface area contributed by atoms with Crippen LogP contribution in [0.3, 0.4) is 0 Å². The van der Waals surface area contributed by atoms with Gasteiger partial charge in [-0.3, -0.25) is 0 Å². The minimum Gasteiger partial charge on any atom is -0.395 e. The van der Waals surface area contributed by atoms with Crippen LogP contribution in [0, 0.1) is 10.1 Å². The van der Waals surface area contributed by atoms with E-state index in [0.29, 0.717) is 0 Å². The summed E-state index contributed by atoms with van der Waals surface area (Å²) in [6, 6.07) is 0. The van der Waals surface area contributed by atoms with Crippen molar-refractivity contribution in [1.29, 1.82) is 0 Å². The lowest BCUT2D eigenvalue weighted by Gasteiger charge is -2.06. The maximum Gasteiger partial charge on any atom is 0.387 e. The van der Waals surface area contributed by atoms with Crippen LogP contribution in [-0.4, -0.2) is 9.91 Å². The number of nitro groups is 1. The van der Waals surface area contributed by atoms with Crippen LogP contribution >= 0.6 is 0 Å². The van der Waals surface area contributed by atoms with Crippen LogP contribution in [0.4, 0.5) is 26.0 Å². The standard InChI is InChI=1S/C6H6F2N4O2/c7-5(8)3-2(9)1-11-6(4(3)10)12(13)14/h1,5H,9-10H2. The Morgan fingerprint density at radius 3 is 2.50 bits per heavy atom. The number of aromatic nitrogens is 1. The summed E-state index contributed by atoms with van der Waals surface area (Å²) in [5, 5.41) is 10.3. The molecule has 0 aliphatic rings. The van der Waals surface area contributed by atoms with Gasteiger partial charge in [-0.1, -0.05) is 0 Å². The van der Waals surface area contributed by atoms with Crippen molar-refractivity contribution in [3.05, 3.63) is 21.9 Å². The van der Waals surface area contributed by atoms with Gasteiger partial charge >= 0.3 is 5.82 Å². The fourth-order valence-electron chi connectivity index (χ4n) is 0.935. The highest BCUT2D eigenvalue weighted by Gasteiger charge is 2.24. The molecule has 0 bridgehead atoms. The molecule has 0 aromatic carbocycles. The van der Waals surface area contributed by atoms with E-state index >= 15 is 0 Å². The fourth-order valence-corrected chi connectivity index (χ4v) is 0.935. The van der Waals surface area contributed by atoms with Gasteiger partial charge in [-0.15, -0.1) is 0 Å². The zero-order chi connectivity index (χ0) is 10.9. The number of nitrogens with zero attached hydrogens (tertiary/aromatic N) is 2. The second-order valence-corrected chi connectivity index (χ2v) is 2.42. The first-order valence-electron chi connectivity index (χ1n) is 3.41. The van der Waals surface area contributed by atoms with Gasteiger partial charge in [-0.2, -0.15) is 0 Å². The van der Waals surface area contributed by atoms with Crippen LogP contribution in [0.2, 0.25) is 0 Å². The number of nitrogens with two attached hydrogens (primary N) is 2. The number of nitrogen functional groups attached to an aromatic ring is 2. The summed E-state index contributed by atoms with van der Waals surface area (Å²) < 4.78 is 24.6. The third kappa shape index (κ3) is 1.53. The Labute approximate surface area is 76.7 Å². The molecular formula is C6H6F2N4O2. The molecule has 0 atom stereocenters. The third-order valence-electron chi connectivity index (χ3n) is 1.56. The molecular weight excluding hydrogens is 198 g/mol. The zero-order valence-electron chi connectivity index (χ0n) is 6.78. The van der Waals surface area contributed by atoms with E-state index in [-0.39, 0.29) is 5.69 Å². The van der Waals surface area contributed by atoms with E-state index in [4.69, 9.17) is 11.5 Å². The first kappa shape index (κ1) is 10.1. The third-order valence-corrected chi connectivity index (χ3v) is 1.56. The van der Waals surface area contributed by atoms with E-state index in [9.17, 15) is 18.9 Å². The number of pyridine rings is 1. The molecule has 14 heavy (non-hydrogen) atoms. The van der Waals surface area contributed by atoms with Crippen molar-refractivity contribution in [2.24, 2.45) is 0 Å². The number of rotatable bonds is 2. The van der Waals surface area contributed by atoms with E-state index in [0.717, 1.165) is 6.20 Å². The molecule has 0 amide bonds.